The number of piperazine rings is 1. The Morgan fingerprint density at radius 3 is 2.42 bits per heavy atom. The van der Waals surface area contributed by atoms with Crippen LogP contribution in [0.5, 0.6) is 5.75 Å². The number of hydrogen-bond donors (Lipinski definition) is 1. The van der Waals surface area contributed by atoms with E-state index in [1.807, 2.05) is 50.2 Å². The topological polar surface area (TPSA) is 43.8 Å². The van der Waals surface area contributed by atoms with E-state index >= 15 is 0 Å². The summed E-state index contributed by atoms with van der Waals surface area (Å²) < 4.78 is 0. The second-order valence-electron chi connectivity index (χ2n) is 7.09. The fourth-order valence-electron chi connectivity index (χ4n) is 3.28. The van der Waals surface area contributed by atoms with Crippen LogP contribution in [0.3, 0.4) is 0 Å². The number of nitrogens with zero attached hydrogens (tertiary/aromatic N) is 2. The molecule has 0 bridgehead atoms. The highest BCUT2D eigenvalue weighted by Gasteiger charge is 2.20. The van der Waals surface area contributed by atoms with Gasteiger partial charge in [0.05, 0.1) is 10.7 Å². The second kappa shape index (κ2) is 8.11. The molecule has 5 heteroatoms. The Balaban J connectivity index is 1.70. The summed E-state index contributed by atoms with van der Waals surface area (Å²) in [5, 5.41) is 11.1. The first kappa shape index (κ1) is 18.7. The zero-order valence-electron chi connectivity index (χ0n) is 15.3. The summed E-state index contributed by atoms with van der Waals surface area (Å²) in [6.07, 6.45) is 0. The van der Waals surface area contributed by atoms with Crippen LogP contribution in [0.4, 0.5) is 5.69 Å². The van der Waals surface area contributed by atoms with Gasteiger partial charge >= 0.3 is 0 Å². The van der Waals surface area contributed by atoms with Crippen LogP contribution in [-0.2, 0) is 6.54 Å². The zero-order valence-corrected chi connectivity index (χ0v) is 16.0. The van der Waals surface area contributed by atoms with Gasteiger partial charge in [0, 0.05) is 38.3 Å². The number of aromatic hydroxyl groups is 1. The number of rotatable bonds is 4. The van der Waals surface area contributed by atoms with E-state index in [-0.39, 0.29) is 17.1 Å². The van der Waals surface area contributed by atoms with Crippen LogP contribution in [-0.4, -0.2) is 36.2 Å². The largest absolute Gasteiger partial charge is 0.504 e. The van der Waals surface area contributed by atoms with Crippen LogP contribution >= 0.6 is 11.6 Å². The van der Waals surface area contributed by atoms with Crippen LogP contribution in [0.25, 0.3) is 0 Å². The lowest BCUT2D eigenvalue weighted by Gasteiger charge is -2.36. The summed E-state index contributed by atoms with van der Waals surface area (Å²) in [6.45, 7) is 8.10. The van der Waals surface area contributed by atoms with E-state index < -0.39 is 0 Å². The van der Waals surface area contributed by atoms with E-state index in [0.29, 0.717) is 12.1 Å². The fourth-order valence-corrected chi connectivity index (χ4v) is 3.54. The molecule has 0 atom stereocenters. The number of hydrogen-bond acceptors (Lipinski definition) is 4. The van der Waals surface area contributed by atoms with Crippen molar-refractivity contribution in [3.63, 3.8) is 0 Å². The minimum atomic E-state index is -0.302. The van der Waals surface area contributed by atoms with Crippen LogP contribution < -0.4 is 10.3 Å². The molecule has 1 fully saturated rings. The van der Waals surface area contributed by atoms with Crippen LogP contribution in [0.1, 0.15) is 30.9 Å². The normalized spacial score (nSPS) is 15.5. The van der Waals surface area contributed by atoms with Gasteiger partial charge < -0.3 is 10.0 Å². The monoisotopic (exact) mass is 372 g/mol. The van der Waals surface area contributed by atoms with Gasteiger partial charge in [-0.25, -0.2) is 0 Å². The molecular weight excluding hydrogens is 348 g/mol. The maximum atomic E-state index is 12.2. The van der Waals surface area contributed by atoms with Crippen molar-refractivity contribution in [3.05, 3.63) is 68.8 Å². The Hall–Kier alpha value is -2.04. The number of benzene rings is 1. The van der Waals surface area contributed by atoms with Crippen molar-refractivity contribution in [2.75, 3.05) is 31.1 Å². The smallest absolute Gasteiger partial charge is 0.220 e. The molecule has 138 valence electrons. The van der Waals surface area contributed by atoms with Gasteiger partial charge in [-0.3, -0.25) is 9.69 Å². The third-order valence-corrected chi connectivity index (χ3v) is 5.26. The first-order valence-corrected chi connectivity index (χ1v) is 9.41. The van der Waals surface area contributed by atoms with Gasteiger partial charge in [0.25, 0.3) is 0 Å². The van der Waals surface area contributed by atoms with Gasteiger partial charge in [0.15, 0.2) is 5.75 Å². The van der Waals surface area contributed by atoms with Crippen molar-refractivity contribution in [3.8, 4) is 5.75 Å². The molecule has 1 saturated heterocycles. The van der Waals surface area contributed by atoms with Crippen molar-refractivity contribution >= 4 is 17.3 Å². The van der Waals surface area contributed by atoms with Gasteiger partial charge in [-0.15, -0.1) is 0 Å². The van der Waals surface area contributed by atoms with Gasteiger partial charge in [0.2, 0.25) is 5.43 Å². The van der Waals surface area contributed by atoms with E-state index in [9.17, 15) is 9.90 Å². The molecule has 3 rings (SSSR count). The van der Waals surface area contributed by atoms with E-state index in [1.54, 1.807) is 6.07 Å². The molecule has 1 aliphatic rings. The average Bonchev–Trinajstić information content (AvgIpc) is 2.77. The Bertz CT molecular complexity index is 830. The molecule has 4 nitrogen and oxygen atoms in total. The molecule has 1 aliphatic heterocycles. The zero-order chi connectivity index (χ0) is 18.7. The summed E-state index contributed by atoms with van der Waals surface area (Å²) in [4.78, 5) is 16.7. The first-order valence-electron chi connectivity index (χ1n) is 9.03. The molecule has 2 aromatic carbocycles. The van der Waals surface area contributed by atoms with Crippen LogP contribution in [0.2, 0.25) is 5.02 Å². The number of halogens is 1. The van der Waals surface area contributed by atoms with Gasteiger partial charge in [-0.05, 0) is 29.7 Å². The van der Waals surface area contributed by atoms with Crippen LogP contribution in [0.15, 0.2) is 47.3 Å². The van der Waals surface area contributed by atoms with Crippen molar-refractivity contribution in [2.45, 2.75) is 26.3 Å². The Kier molecular flexibility index (Phi) is 5.84. The van der Waals surface area contributed by atoms with E-state index in [4.69, 9.17) is 11.6 Å². The second-order valence-corrected chi connectivity index (χ2v) is 7.49. The molecule has 0 aliphatic carbocycles. The SMILES string of the molecule is CC(C)c1ccc(CN2CCN(c3ccccc3Cl)CC2)c(O)c(=O)c1. The van der Waals surface area contributed by atoms with E-state index in [1.165, 1.54) is 0 Å². The molecule has 0 spiro atoms. The molecular formula is C21H25ClN2O2. The Morgan fingerprint density at radius 2 is 1.77 bits per heavy atom. The molecule has 1 N–H and O–H groups in total. The number of para-hydroxylation sites is 1. The molecule has 0 saturated carbocycles. The average molecular weight is 373 g/mol. The summed E-state index contributed by atoms with van der Waals surface area (Å²) in [5.74, 6) is 0.118. The lowest BCUT2D eigenvalue weighted by molar-refractivity contribution is 0.246. The molecule has 26 heavy (non-hydrogen) atoms. The third-order valence-electron chi connectivity index (χ3n) is 4.94. The highest BCUT2D eigenvalue weighted by atomic mass is 35.5. The van der Waals surface area contributed by atoms with Crippen molar-refractivity contribution < 1.29 is 5.11 Å². The third kappa shape index (κ3) is 4.19. The predicted octanol–water partition coefficient (Wildman–Crippen LogP) is 3.85. The Labute approximate surface area is 159 Å². The molecule has 2 aromatic rings. The van der Waals surface area contributed by atoms with Crippen molar-refractivity contribution in [1.29, 1.82) is 0 Å². The summed E-state index contributed by atoms with van der Waals surface area (Å²) in [5.41, 5.74) is 2.39. The van der Waals surface area contributed by atoms with Gasteiger partial charge in [-0.2, -0.15) is 0 Å². The minimum absolute atomic E-state index is 0.134. The molecule has 0 radical (unpaired) electrons. The highest BCUT2D eigenvalue weighted by molar-refractivity contribution is 6.33. The van der Waals surface area contributed by atoms with E-state index in [0.717, 1.165) is 42.5 Å². The predicted molar refractivity (Wildman–Crippen MR) is 107 cm³/mol. The number of anilines is 1. The summed E-state index contributed by atoms with van der Waals surface area (Å²) in [6, 6.07) is 13.3. The fraction of sp³-hybridized carbons (Fsp3) is 0.381. The maximum Gasteiger partial charge on any atom is 0.220 e. The van der Waals surface area contributed by atoms with E-state index in [2.05, 4.69) is 9.80 Å². The van der Waals surface area contributed by atoms with Crippen LogP contribution in [0, 0.1) is 0 Å². The maximum absolute atomic E-state index is 12.2. The molecule has 0 unspecified atom stereocenters. The standard InChI is InChI=1S/C21H25ClN2O2/c1-15(2)16-7-8-17(21(26)20(25)13-16)14-23-9-11-24(12-10-23)19-6-4-3-5-18(19)22/h3-8,13,15H,9-12,14H2,1-2H3,(H,25,26). The molecule has 1 heterocycles. The van der Waals surface area contributed by atoms with Gasteiger partial charge in [0.1, 0.15) is 0 Å². The van der Waals surface area contributed by atoms with Crippen molar-refractivity contribution in [1.82, 2.24) is 4.90 Å². The first-order chi connectivity index (χ1) is 12.5. The highest BCUT2D eigenvalue weighted by Crippen LogP contribution is 2.26. The summed E-state index contributed by atoms with van der Waals surface area (Å²) >= 11 is 6.29. The molecule has 0 aromatic heterocycles. The van der Waals surface area contributed by atoms with Gasteiger partial charge in [-0.1, -0.05) is 49.7 Å². The quantitative estimate of drug-likeness (QED) is 0.885. The summed E-state index contributed by atoms with van der Waals surface area (Å²) in [7, 11) is 0. The lowest BCUT2D eigenvalue weighted by Crippen LogP contribution is -2.46. The molecule has 0 amide bonds. The van der Waals surface area contributed by atoms with Crippen molar-refractivity contribution in [2.24, 2.45) is 0 Å². The minimum Gasteiger partial charge on any atom is -0.504 e. The Morgan fingerprint density at radius 1 is 1.08 bits per heavy atom. The lowest BCUT2D eigenvalue weighted by atomic mass is 10.1.